The van der Waals surface area contributed by atoms with E-state index in [1.807, 2.05) is 29.2 Å². The second-order valence-electron chi connectivity index (χ2n) is 8.81. The van der Waals surface area contributed by atoms with E-state index in [1.54, 1.807) is 18.4 Å². The van der Waals surface area contributed by atoms with Crippen LogP contribution in [0, 0.1) is 0 Å². The predicted octanol–water partition coefficient (Wildman–Crippen LogP) is 3.38. The minimum Gasteiger partial charge on any atom is -0.495 e. The Morgan fingerprint density at radius 1 is 1.24 bits per heavy atom. The van der Waals surface area contributed by atoms with Gasteiger partial charge in [-0.2, -0.15) is 0 Å². The van der Waals surface area contributed by atoms with E-state index in [2.05, 4.69) is 50.6 Å². The number of likely N-dealkylation sites (tertiary alicyclic amines) is 1. The molecule has 0 bridgehead atoms. The Morgan fingerprint density at radius 2 is 2.09 bits per heavy atom. The fraction of sp³-hybridized carbons (Fsp3) is 0.348. The second kappa shape index (κ2) is 8.35. The van der Waals surface area contributed by atoms with Crippen molar-refractivity contribution in [3.63, 3.8) is 0 Å². The van der Waals surface area contributed by atoms with Crippen LogP contribution in [0.2, 0.25) is 0 Å². The number of methoxy groups -OCH3 is 1. The minimum atomic E-state index is -0.116. The molecule has 6 rings (SSSR count). The number of carbonyl (C=O) groups excluding carboxylic acids is 1. The fourth-order valence-corrected chi connectivity index (χ4v) is 6.26. The van der Waals surface area contributed by atoms with E-state index in [1.165, 1.54) is 11.5 Å². The van der Waals surface area contributed by atoms with Crippen LogP contribution >= 0.6 is 22.9 Å². The highest BCUT2D eigenvalue weighted by atomic mass is 32.1. The van der Waals surface area contributed by atoms with Gasteiger partial charge in [0, 0.05) is 46.4 Å². The van der Waals surface area contributed by atoms with Crippen LogP contribution in [0.3, 0.4) is 0 Å². The zero-order valence-electron chi connectivity index (χ0n) is 19.1. The van der Waals surface area contributed by atoms with Crippen molar-refractivity contribution in [2.75, 3.05) is 51.6 Å². The lowest BCUT2D eigenvalue weighted by Gasteiger charge is -2.42. The number of amides is 1. The van der Waals surface area contributed by atoms with Gasteiger partial charge in [-0.1, -0.05) is 10.6 Å². The number of nitrogens with one attached hydrogen (secondary N) is 3. The molecular weight excluding hydrogens is 470 g/mol. The molecule has 1 fully saturated rings. The van der Waals surface area contributed by atoms with Gasteiger partial charge >= 0.3 is 0 Å². The molecule has 2 aromatic heterocycles. The minimum absolute atomic E-state index is 0.100. The van der Waals surface area contributed by atoms with Crippen molar-refractivity contribution in [3.05, 3.63) is 41.5 Å². The molecule has 176 valence electrons. The molecule has 1 atom stereocenters. The van der Waals surface area contributed by atoms with Crippen molar-refractivity contribution in [3.8, 4) is 5.75 Å². The number of thiophene rings is 1. The van der Waals surface area contributed by atoms with Crippen molar-refractivity contribution in [2.24, 2.45) is 0 Å². The highest BCUT2D eigenvalue weighted by molar-refractivity contribution is 7.23. The zero-order valence-corrected chi connectivity index (χ0v) is 20.7. The molecule has 0 radical (unpaired) electrons. The molecule has 34 heavy (non-hydrogen) atoms. The molecule has 4 heterocycles. The first kappa shape index (κ1) is 21.5. The summed E-state index contributed by atoms with van der Waals surface area (Å²) < 4.78 is 11.7. The van der Waals surface area contributed by atoms with Crippen LogP contribution in [-0.4, -0.2) is 72.3 Å². The number of nitrogens with zero attached hydrogens (tertiary/aromatic N) is 4. The number of benzene rings is 2. The van der Waals surface area contributed by atoms with Gasteiger partial charge in [-0.15, -0.1) is 16.4 Å². The molecule has 2 aliphatic rings. The number of hydrogen-bond donors (Lipinski definition) is 3. The summed E-state index contributed by atoms with van der Waals surface area (Å²) in [5.74, 6) is 0.823. The number of fused-ring (bicyclic) bond motifs is 4. The molecule has 2 aliphatic heterocycles. The van der Waals surface area contributed by atoms with Crippen LogP contribution in [0.4, 0.5) is 10.7 Å². The molecule has 11 heteroatoms. The molecular formula is C23H25N7O2S2. The van der Waals surface area contributed by atoms with Gasteiger partial charge in [0.1, 0.15) is 17.4 Å². The van der Waals surface area contributed by atoms with Gasteiger partial charge in [-0.25, -0.2) is 0 Å². The Morgan fingerprint density at radius 3 is 2.88 bits per heavy atom. The van der Waals surface area contributed by atoms with Gasteiger partial charge in [0.2, 0.25) is 0 Å². The maximum Gasteiger partial charge on any atom is 0.254 e. The van der Waals surface area contributed by atoms with Crippen LogP contribution in [0.1, 0.15) is 22.1 Å². The summed E-state index contributed by atoms with van der Waals surface area (Å²) in [4.78, 5) is 17.1. The fourth-order valence-electron chi connectivity index (χ4n) is 4.50. The number of anilines is 2. The summed E-state index contributed by atoms with van der Waals surface area (Å²) in [6, 6.07) is 10.4. The first-order valence-electron chi connectivity index (χ1n) is 11.1. The molecule has 1 saturated heterocycles. The third-order valence-corrected chi connectivity index (χ3v) is 8.38. The van der Waals surface area contributed by atoms with Crippen LogP contribution in [0.15, 0.2) is 30.3 Å². The highest BCUT2D eigenvalue weighted by Crippen LogP contribution is 2.43. The molecule has 0 aliphatic carbocycles. The lowest BCUT2D eigenvalue weighted by molar-refractivity contribution is 0.0399. The molecule has 1 amide bonds. The predicted molar refractivity (Wildman–Crippen MR) is 137 cm³/mol. The number of aromatic nitrogens is 2. The van der Waals surface area contributed by atoms with Gasteiger partial charge in [0.05, 0.1) is 29.2 Å². The van der Waals surface area contributed by atoms with Gasteiger partial charge in [0.15, 0.2) is 0 Å². The zero-order chi connectivity index (χ0) is 23.4. The number of ether oxygens (including phenoxy) is 1. The lowest BCUT2D eigenvalue weighted by atomic mass is 10.0. The molecule has 1 unspecified atom stereocenters. The summed E-state index contributed by atoms with van der Waals surface area (Å²) in [6.07, 6.45) is -0.116. The number of hydrogen-bond acceptors (Lipinski definition) is 10. The summed E-state index contributed by atoms with van der Waals surface area (Å²) in [5, 5.41) is 16.9. The van der Waals surface area contributed by atoms with Crippen molar-refractivity contribution in [1.82, 2.24) is 24.7 Å². The van der Waals surface area contributed by atoms with Crippen molar-refractivity contribution in [2.45, 2.75) is 12.2 Å². The summed E-state index contributed by atoms with van der Waals surface area (Å²) >= 11 is 3.04. The first-order valence-corrected chi connectivity index (χ1v) is 12.7. The molecule has 0 spiro atoms. The van der Waals surface area contributed by atoms with E-state index in [-0.39, 0.29) is 12.1 Å². The lowest BCUT2D eigenvalue weighted by Crippen LogP contribution is -2.59. The van der Waals surface area contributed by atoms with Crippen LogP contribution in [0.25, 0.3) is 20.3 Å². The molecule has 4 aromatic rings. The Bertz CT molecular complexity index is 1390. The second-order valence-corrected chi connectivity index (χ2v) is 10.6. The topological polar surface area (TPSA) is 94.7 Å². The molecule has 3 N–H and O–H groups in total. The van der Waals surface area contributed by atoms with E-state index in [4.69, 9.17) is 4.74 Å². The summed E-state index contributed by atoms with van der Waals surface area (Å²) in [5.41, 5.74) is 3.59. The molecule has 9 nitrogen and oxygen atoms in total. The average molecular weight is 496 g/mol. The van der Waals surface area contributed by atoms with E-state index >= 15 is 0 Å². The highest BCUT2D eigenvalue weighted by Gasteiger charge is 2.33. The van der Waals surface area contributed by atoms with Gasteiger partial charge in [-0.3, -0.25) is 10.1 Å². The summed E-state index contributed by atoms with van der Waals surface area (Å²) in [6.45, 7) is 2.20. The number of rotatable bonds is 5. The largest absolute Gasteiger partial charge is 0.495 e. The summed E-state index contributed by atoms with van der Waals surface area (Å²) in [7, 11) is 5.77. The van der Waals surface area contributed by atoms with Gasteiger partial charge in [-0.05, 0) is 43.8 Å². The number of likely N-dealkylation sites (N-methyl/N-ethyl adjacent to an activating group) is 1. The van der Waals surface area contributed by atoms with Crippen LogP contribution in [0.5, 0.6) is 5.75 Å². The quantitative estimate of drug-likeness (QED) is 0.388. The first-order chi connectivity index (χ1) is 16.5. The molecule has 2 aromatic carbocycles. The van der Waals surface area contributed by atoms with E-state index in [0.717, 1.165) is 61.0 Å². The van der Waals surface area contributed by atoms with Crippen LogP contribution < -0.4 is 20.7 Å². The van der Waals surface area contributed by atoms with Crippen molar-refractivity contribution in [1.29, 1.82) is 0 Å². The average Bonchev–Trinajstić information content (AvgIpc) is 3.40. The van der Waals surface area contributed by atoms with E-state index < -0.39 is 0 Å². The monoisotopic (exact) mass is 495 g/mol. The van der Waals surface area contributed by atoms with Crippen molar-refractivity contribution >= 4 is 59.8 Å². The van der Waals surface area contributed by atoms with Crippen molar-refractivity contribution < 1.29 is 9.53 Å². The standard InChI is InChI=1S/C23H25N7O2S2/c1-29(2)13-9-30(10-13)23(31)12-4-5-14-18(6-12)33-22-20(14)21(24-11-25-22)26-15-8-19-16(27-28-34-19)7-17(15)32-3/h4-8,13,21,24-26H,9-11H2,1-3H3. The smallest absolute Gasteiger partial charge is 0.254 e. The van der Waals surface area contributed by atoms with Gasteiger partial charge in [0.25, 0.3) is 5.91 Å². The van der Waals surface area contributed by atoms with E-state index in [9.17, 15) is 4.79 Å². The molecule has 0 saturated carbocycles. The maximum atomic E-state index is 13.0. The Balaban J connectivity index is 1.30. The third-order valence-electron chi connectivity index (χ3n) is 6.57. The number of carbonyl (C=O) groups is 1. The normalized spacial score (nSPS) is 18.1. The van der Waals surface area contributed by atoms with Gasteiger partial charge < -0.3 is 25.2 Å². The third kappa shape index (κ3) is 3.56. The van der Waals surface area contributed by atoms with E-state index in [0.29, 0.717) is 12.7 Å². The Labute approximate surface area is 204 Å². The maximum absolute atomic E-state index is 13.0. The SMILES string of the molecule is COc1cc2nnsc2cc1NC1NCNc2sc3cc(C(=O)N4CC(N(C)C)C4)ccc3c21. The Kier molecular flexibility index (Phi) is 5.29. The van der Waals surface area contributed by atoms with Crippen LogP contribution in [-0.2, 0) is 0 Å². The Hall–Kier alpha value is -2.99.